The summed E-state index contributed by atoms with van der Waals surface area (Å²) in [5.41, 5.74) is 1.51. The van der Waals surface area contributed by atoms with Gasteiger partial charge in [0.1, 0.15) is 0 Å². The average Bonchev–Trinajstić information content (AvgIpc) is 2.61. The lowest BCUT2D eigenvalue weighted by Gasteiger charge is -2.23. The zero-order chi connectivity index (χ0) is 13.7. The second-order valence-corrected chi connectivity index (χ2v) is 5.60. The summed E-state index contributed by atoms with van der Waals surface area (Å²) < 4.78 is 0. The Labute approximate surface area is 115 Å². The number of benzene rings is 1. The first-order valence-corrected chi connectivity index (χ1v) is 7.22. The number of hydrogen-bond donors (Lipinski definition) is 2. The highest BCUT2D eigenvalue weighted by atomic mass is 16.4. The summed E-state index contributed by atoms with van der Waals surface area (Å²) in [5, 5.41) is 12.5. The van der Waals surface area contributed by atoms with Crippen molar-refractivity contribution in [2.45, 2.75) is 51.6 Å². The van der Waals surface area contributed by atoms with Crippen LogP contribution in [0.4, 0.5) is 0 Å². The second-order valence-electron chi connectivity index (χ2n) is 5.60. The third-order valence-electron chi connectivity index (χ3n) is 4.13. The molecule has 1 aromatic rings. The second kappa shape index (κ2) is 6.71. The predicted molar refractivity (Wildman–Crippen MR) is 76.3 cm³/mol. The summed E-state index contributed by atoms with van der Waals surface area (Å²) in [6.45, 7) is 3.16. The Balaban J connectivity index is 1.88. The van der Waals surface area contributed by atoms with E-state index in [9.17, 15) is 4.79 Å². The molecule has 0 amide bonds. The van der Waals surface area contributed by atoms with Crippen molar-refractivity contribution in [3.05, 3.63) is 35.4 Å². The fourth-order valence-corrected chi connectivity index (χ4v) is 2.81. The fraction of sp³-hybridized carbons (Fsp3) is 0.562. The molecule has 3 nitrogen and oxygen atoms in total. The Kier molecular flexibility index (Phi) is 4.97. The normalized spacial score (nSPS) is 23.8. The van der Waals surface area contributed by atoms with Crippen LogP contribution in [0.15, 0.2) is 24.3 Å². The Morgan fingerprint density at radius 2 is 1.89 bits per heavy atom. The number of nitrogens with one attached hydrogen (secondary N) is 1. The molecule has 19 heavy (non-hydrogen) atoms. The van der Waals surface area contributed by atoms with Gasteiger partial charge in [-0.1, -0.05) is 38.3 Å². The number of carboxylic acid groups (broad SMARTS) is 1. The molecule has 0 saturated heterocycles. The monoisotopic (exact) mass is 261 g/mol. The number of carboxylic acids is 1. The first-order chi connectivity index (χ1) is 9.16. The largest absolute Gasteiger partial charge is 0.478 e. The molecule has 2 unspecified atom stereocenters. The van der Waals surface area contributed by atoms with Crippen LogP contribution < -0.4 is 5.32 Å². The van der Waals surface area contributed by atoms with Crippen molar-refractivity contribution in [3.63, 3.8) is 0 Å². The molecule has 0 aromatic heterocycles. The smallest absolute Gasteiger partial charge is 0.335 e. The van der Waals surface area contributed by atoms with Crippen LogP contribution in [0, 0.1) is 5.92 Å². The molecule has 0 heterocycles. The number of aromatic carboxylic acids is 1. The van der Waals surface area contributed by atoms with Crippen LogP contribution >= 0.6 is 0 Å². The van der Waals surface area contributed by atoms with Gasteiger partial charge in [0.05, 0.1) is 5.56 Å². The Hall–Kier alpha value is -1.35. The number of rotatable bonds is 4. The van der Waals surface area contributed by atoms with Gasteiger partial charge in [0, 0.05) is 12.6 Å². The van der Waals surface area contributed by atoms with Crippen LogP contribution in [0.2, 0.25) is 0 Å². The minimum atomic E-state index is -0.864. The van der Waals surface area contributed by atoms with E-state index >= 15 is 0 Å². The molecule has 1 aliphatic rings. The molecule has 104 valence electrons. The maximum absolute atomic E-state index is 10.8. The van der Waals surface area contributed by atoms with Crippen LogP contribution in [-0.4, -0.2) is 17.1 Å². The molecule has 0 spiro atoms. The van der Waals surface area contributed by atoms with Gasteiger partial charge in [0.25, 0.3) is 0 Å². The van der Waals surface area contributed by atoms with Crippen LogP contribution in [-0.2, 0) is 6.54 Å². The highest BCUT2D eigenvalue weighted by Gasteiger charge is 2.18. The fourth-order valence-electron chi connectivity index (χ4n) is 2.81. The molecule has 0 radical (unpaired) electrons. The van der Waals surface area contributed by atoms with Gasteiger partial charge in [0.15, 0.2) is 0 Å². The van der Waals surface area contributed by atoms with Crippen molar-refractivity contribution in [1.29, 1.82) is 0 Å². The SMILES string of the molecule is CC1CCCCCC1NCc1ccc(C(=O)O)cc1. The van der Waals surface area contributed by atoms with Crippen LogP contribution in [0.5, 0.6) is 0 Å². The van der Waals surface area contributed by atoms with E-state index in [1.165, 1.54) is 32.1 Å². The summed E-state index contributed by atoms with van der Waals surface area (Å²) >= 11 is 0. The van der Waals surface area contributed by atoms with E-state index in [1.807, 2.05) is 12.1 Å². The maximum Gasteiger partial charge on any atom is 0.335 e. The molecule has 3 heteroatoms. The van der Waals surface area contributed by atoms with E-state index in [-0.39, 0.29) is 0 Å². The zero-order valence-electron chi connectivity index (χ0n) is 11.6. The summed E-state index contributed by atoms with van der Waals surface area (Å²) in [4.78, 5) is 10.8. The molecule has 1 aromatic carbocycles. The third kappa shape index (κ3) is 4.06. The number of carbonyl (C=O) groups is 1. The molecule has 1 fully saturated rings. The van der Waals surface area contributed by atoms with E-state index in [0.29, 0.717) is 11.6 Å². The van der Waals surface area contributed by atoms with Gasteiger partial charge < -0.3 is 10.4 Å². The van der Waals surface area contributed by atoms with Crippen molar-refractivity contribution in [2.24, 2.45) is 5.92 Å². The topological polar surface area (TPSA) is 49.3 Å². The molecule has 0 bridgehead atoms. The Bertz CT molecular complexity index is 413. The Morgan fingerprint density at radius 1 is 1.21 bits per heavy atom. The highest BCUT2D eigenvalue weighted by Crippen LogP contribution is 2.23. The highest BCUT2D eigenvalue weighted by molar-refractivity contribution is 5.87. The van der Waals surface area contributed by atoms with Crippen molar-refractivity contribution in [2.75, 3.05) is 0 Å². The predicted octanol–water partition coefficient (Wildman–Crippen LogP) is 3.44. The van der Waals surface area contributed by atoms with Crippen molar-refractivity contribution in [1.82, 2.24) is 5.32 Å². The maximum atomic E-state index is 10.8. The Morgan fingerprint density at radius 3 is 2.58 bits per heavy atom. The lowest BCUT2D eigenvalue weighted by atomic mass is 9.97. The lowest BCUT2D eigenvalue weighted by molar-refractivity contribution is 0.0697. The quantitative estimate of drug-likeness (QED) is 0.816. The van der Waals surface area contributed by atoms with Crippen molar-refractivity contribution >= 4 is 5.97 Å². The molecule has 2 N–H and O–H groups in total. The number of hydrogen-bond acceptors (Lipinski definition) is 2. The minimum Gasteiger partial charge on any atom is -0.478 e. The van der Waals surface area contributed by atoms with E-state index in [0.717, 1.165) is 18.0 Å². The lowest BCUT2D eigenvalue weighted by Crippen LogP contribution is -2.33. The zero-order valence-corrected chi connectivity index (χ0v) is 11.6. The average molecular weight is 261 g/mol. The van der Waals surface area contributed by atoms with E-state index in [4.69, 9.17) is 5.11 Å². The van der Waals surface area contributed by atoms with Gasteiger partial charge in [-0.05, 0) is 36.5 Å². The summed E-state index contributed by atoms with van der Waals surface area (Å²) in [5.74, 6) is -0.127. The molecule has 0 aliphatic heterocycles. The molecule has 2 atom stereocenters. The van der Waals surface area contributed by atoms with Crippen LogP contribution in [0.25, 0.3) is 0 Å². The molecular formula is C16H23NO2. The van der Waals surface area contributed by atoms with Gasteiger partial charge in [-0.2, -0.15) is 0 Å². The first-order valence-electron chi connectivity index (χ1n) is 7.22. The first kappa shape index (κ1) is 14.1. The summed E-state index contributed by atoms with van der Waals surface area (Å²) in [6.07, 6.45) is 6.60. The van der Waals surface area contributed by atoms with Gasteiger partial charge in [-0.3, -0.25) is 0 Å². The molecular weight excluding hydrogens is 238 g/mol. The van der Waals surface area contributed by atoms with E-state index < -0.39 is 5.97 Å². The molecule has 1 saturated carbocycles. The third-order valence-corrected chi connectivity index (χ3v) is 4.13. The van der Waals surface area contributed by atoms with Crippen molar-refractivity contribution in [3.8, 4) is 0 Å². The molecule has 1 aliphatic carbocycles. The van der Waals surface area contributed by atoms with Gasteiger partial charge in [-0.25, -0.2) is 4.79 Å². The van der Waals surface area contributed by atoms with E-state index in [2.05, 4.69) is 12.2 Å². The standard InChI is InChI=1S/C16H23NO2/c1-12-5-3-2-4-6-15(12)17-11-13-7-9-14(10-8-13)16(18)19/h7-10,12,15,17H,2-6,11H2,1H3,(H,18,19). The van der Waals surface area contributed by atoms with Gasteiger partial charge in [0.2, 0.25) is 0 Å². The minimum absolute atomic E-state index is 0.353. The van der Waals surface area contributed by atoms with Gasteiger partial charge in [-0.15, -0.1) is 0 Å². The molecule has 2 rings (SSSR count). The summed E-state index contributed by atoms with van der Waals surface area (Å²) in [7, 11) is 0. The van der Waals surface area contributed by atoms with Crippen molar-refractivity contribution < 1.29 is 9.90 Å². The van der Waals surface area contributed by atoms with Crippen LogP contribution in [0.1, 0.15) is 54.9 Å². The van der Waals surface area contributed by atoms with Gasteiger partial charge >= 0.3 is 5.97 Å². The van der Waals surface area contributed by atoms with Crippen LogP contribution in [0.3, 0.4) is 0 Å². The summed E-state index contributed by atoms with van der Waals surface area (Å²) in [6, 6.07) is 7.75. The van der Waals surface area contributed by atoms with E-state index in [1.54, 1.807) is 12.1 Å².